The van der Waals surface area contributed by atoms with E-state index >= 15 is 0 Å². The number of nitrogens with zero attached hydrogens (tertiary/aromatic N) is 1. The van der Waals surface area contributed by atoms with Gasteiger partial charge >= 0.3 is 0 Å². The summed E-state index contributed by atoms with van der Waals surface area (Å²) in [6.07, 6.45) is 1.68. The molecule has 0 spiro atoms. The van der Waals surface area contributed by atoms with Gasteiger partial charge in [0.25, 0.3) is 0 Å². The molecule has 5 nitrogen and oxygen atoms in total. The lowest BCUT2D eigenvalue weighted by Crippen LogP contribution is -2.28. The number of aryl methyl sites for hydroxylation is 1. The number of rotatable bonds is 6. The molecule has 0 unspecified atom stereocenters. The van der Waals surface area contributed by atoms with Crippen molar-refractivity contribution in [1.82, 2.24) is 0 Å². The molecule has 2 aromatic rings. The van der Waals surface area contributed by atoms with Gasteiger partial charge in [-0.05, 0) is 48.4 Å². The van der Waals surface area contributed by atoms with Crippen LogP contribution in [0.5, 0.6) is 5.75 Å². The SMILES string of the molecule is Cc1ccccc1N/N=C\c1ccc(OCC(=O)[O-])cc1. The Kier molecular flexibility index (Phi) is 4.93. The van der Waals surface area contributed by atoms with Gasteiger partial charge in [0.2, 0.25) is 0 Å². The van der Waals surface area contributed by atoms with Gasteiger partial charge in [-0.3, -0.25) is 5.43 Å². The van der Waals surface area contributed by atoms with E-state index in [2.05, 4.69) is 10.5 Å². The second-order valence-corrected chi connectivity index (χ2v) is 4.41. The minimum atomic E-state index is -1.25. The predicted molar refractivity (Wildman–Crippen MR) is 79.3 cm³/mol. The summed E-state index contributed by atoms with van der Waals surface area (Å²) in [4.78, 5) is 10.3. The summed E-state index contributed by atoms with van der Waals surface area (Å²) in [6, 6.07) is 14.8. The highest BCUT2D eigenvalue weighted by Gasteiger charge is 1.95. The Morgan fingerprint density at radius 3 is 2.62 bits per heavy atom. The fourth-order valence-corrected chi connectivity index (χ4v) is 1.67. The maximum Gasteiger partial charge on any atom is 0.128 e. The van der Waals surface area contributed by atoms with E-state index < -0.39 is 12.6 Å². The molecule has 2 rings (SSSR count). The van der Waals surface area contributed by atoms with Gasteiger partial charge in [-0.2, -0.15) is 5.10 Å². The maximum absolute atomic E-state index is 10.3. The first kappa shape index (κ1) is 14.6. The van der Waals surface area contributed by atoms with Crippen LogP contribution in [-0.2, 0) is 4.79 Å². The number of carbonyl (C=O) groups is 1. The second-order valence-electron chi connectivity index (χ2n) is 4.41. The number of carbonyl (C=O) groups excluding carboxylic acids is 1. The van der Waals surface area contributed by atoms with Crippen molar-refractivity contribution in [3.8, 4) is 5.75 Å². The number of benzene rings is 2. The van der Waals surface area contributed by atoms with Crippen molar-refractivity contribution < 1.29 is 14.6 Å². The number of hydrogen-bond donors (Lipinski definition) is 1. The van der Waals surface area contributed by atoms with Crippen LogP contribution in [0.25, 0.3) is 0 Å². The topological polar surface area (TPSA) is 73.8 Å². The van der Waals surface area contributed by atoms with E-state index in [-0.39, 0.29) is 0 Å². The Balaban J connectivity index is 1.92. The summed E-state index contributed by atoms with van der Waals surface area (Å²) in [5.41, 5.74) is 5.90. The number of hydrogen-bond acceptors (Lipinski definition) is 5. The standard InChI is InChI=1S/C16H16N2O3/c1-12-4-2-3-5-15(12)18-17-10-13-6-8-14(9-7-13)21-11-16(19)20/h2-10,18H,11H2,1H3,(H,19,20)/p-1/b17-10-. The molecule has 108 valence electrons. The zero-order chi connectivity index (χ0) is 15.1. The minimum absolute atomic E-state index is 0.456. The Bertz CT molecular complexity index is 636. The third-order valence-electron chi connectivity index (χ3n) is 2.78. The smallest absolute Gasteiger partial charge is 0.128 e. The summed E-state index contributed by atoms with van der Waals surface area (Å²) in [7, 11) is 0. The van der Waals surface area contributed by atoms with Gasteiger partial charge in [0.05, 0.1) is 17.9 Å². The zero-order valence-electron chi connectivity index (χ0n) is 11.6. The number of carboxylic acid groups (broad SMARTS) is 1. The highest BCUT2D eigenvalue weighted by atomic mass is 16.5. The van der Waals surface area contributed by atoms with E-state index in [1.54, 1.807) is 30.5 Å². The Morgan fingerprint density at radius 2 is 1.95 bits per heavy atom. The van der Waals surface area contributed by atoms with E-state index in [9.17, 15) is 9.90 Å². The summed E-state index contributed by atoms with van der Waals surface area (Å²) in [6.45, 7) is 1.55. The molecule has 5 heteroatoms. The van der Waals surface area contributed by atoms with Gasteiger partial charge in [-0.25, -0.2) is 0 Å². The van der Waals surface area contributed by atoms with Crippen molar-refractivity contribution in [1.29, 1.82) is 0 Å². The van der Waals surface area contributed by atoms with Gasteiger partial charge in [-0.1, -0.05) is 18.2 Å². The highest BCUT2D eigenvalue weighted by molar-refractivity contribution is 5.80. The molecule has 0 fully saturated rings. The summed E-state index contributed by atoms with van der Waals surface area (Å²) in [5.74, 6) is -0.772. The minimum Gasteiger partial charge on any atom is -0.546 e. The Morgan fingerprint density at radius 1 is 1.24 bits per heavy atom. The fraction of sp³-hybridized carbons (Fsp3) is 0.125. The lowest BCUT2D eigenvalue weighted by atomic mass is 10.2. The number of ether oxygens (including phenoxy) is 1. The molecule has 0 amide bonds. The van der Waals surface area contributed by atoms with Crippen LogP contribution in [0.3, 0.4) is 0 Å². The first-order chi connectivity index (χ1) is 10.1. The molecule has 2 aromatic carbocycles. The predicted octanol–water partition coefficient (Wildman–Crippen LogP) is 1.57. The Hall–Kier alpha value is -2.82. The van der Waals surface area contributed by atoms with Crippen molar-refractivity contribution in [3.05, 3.63) is 59.7 Å². The van der Waals surface area contributed by atoms with Crippen LogP contribution in [0.15, 0.2) is 53.6 Å². The monoisotopic (exact) mass is 283 g/mol. The number of aliphatic carboxylic acids is 1. The zero-order valence-corrected chi connectivity index (χ0v) is 11.6. The molecule has 1 N–H and O–H groups in total. The van der Waals surface area contributed by atoms with Crippen molar-refractivity contribution >= 4 is 17.9 Å². The van der Waals surface area contributed by atoms with E-state index in [0.717, 1.165) is 16.8 Å². The summed E-state index contributed by atoms with van der Waals surface area (Å²) >= 11 is 0. The fourth-order valence-electron chi connectivity index (χ4n) is 1.67. The quantitative estimate of drug-likeness (QED) is 0.645. The number of para-hydroxylation sites is 1. The molecule has 0 aliphatic rings. The van der Waals surface area contributed by atoms with Crippen molar-refractivity contribution in [2.45, 2.75) is 6.92 Å². The first-order valence-corrected chi connectivity index (χ1v) is 6.42. The van der Waals surface area contributed by atoms with E-state index in [1.807, 2.05) is 31.2 Å². The van der Waals surface area contributed by atoms with Crippen molar-refractivity contribution in [2.24, 2.45) is 5.10 Å². The van der Waals surface area contributed by atoms with Crippen molar-refractivity contribution in [2.75, 3.05) is 12.0 Å². The van der Waals surface area contributed by atoms with Crippen LogP contribution in [-0.4, -0.2) is 18.8 Å². The molecule has 0 saturated heterocycles. The Labute approximate surface area is 122 Å². The summed E-state index contributed by atoms with van der Waals surface area (Å²) in [5, 5.41) is 14.4. The van der Waals surface area contributed by atoms with Gasteiger partial charge in [0, 0.05) is 0 Å². The molecular formula is C16H15N2O3-. The van der Waals surface area contributed by atoms with Gasteiger partial charge in [-0.15, -0.1) is 0 Å². The van der Waals surface area contributed by atoms with Crippen LogP contribution < -0.4 is 15.3 Å². The number of anilines is 1. The molecular weight excluding hydrogens is 268 g/mol. The molecule has 0 aromatic heterocycles. The van der Waals surface area contributed by atoms with Crippen LogP contribution in [0.2, 0.25) is 0 Å². The number of carboxylic acids is 1. The average molecular weight is 283 g/mol. The second kappa shape index (κ2) is 7.09. The van der Waals surface area contributed by atoms with Crippen LogP contribution in [0.4, 0.5) is 5.69 Å². The van der Waals surface area contributed by atoms with Crippen LogP contribution in [0.1, 0.15) is 11.1 Å². The lowest BCUT2D eigenvalue weighted by molar-refractivity contribution is -0.307. The van der Waals surface area contributed by atoms with E-state index in [1.165, 1.54) is 0 Å². The van der Waals surface area contributed by atoms with E-state index in [0.29, 0.717) is 5.75 Å². The molecule has 0 aliphatic carbocycles. The third-order valence-corrected chi connectivity index (χ3v) is 2.78. The lowest BCUT2D eigenvalue weighted by Gasteiger charge is -2.06. The van der Waals surface area contributed by atoms with Gasteiger partial charge in [0.15, 0.2) is 0 Å². The van der Waals surface area contributed by atoms with Crippen LogP contribution in [0, 0.1) is 6.92 Å². The van der Waals surface area contributed by atoms with Gasteiger partial charge in [0.1, 0.15) is 12.4 Å². The molecule has 0 radical (unpaired) electrons. The maximum atomic E-state index is 10.3. The number of nitrogens with one attached hydrogen (secondary N) is 1. The molecule has 0 atom stereocenters. The van der Waals surface area contributed by atoms with Crippen LogP contribution >= 0.6 is 0 Å². The molecule has 0 saturated carbocycles. The van der Waals surface area contributed by atoms with E-state index in [4.69, 9.17) is 4.74 Å². The molecule has 0 aliphatic heterocycles. The largest absolute Gasteiger partial charge is 0.546 e. The average Bonchev–Trinajstić information content (AvgIpc) is 2.48. The third kappa shape index (κ3) is 4.65. The van der Waals surface area contributed by atoms with Crippen molar-refractivity contribution in [3.63, 3.8) is 0 Å². The number of hydrazone groups is 1. The first-order valence-electron chi connectivity index (χ1n) is 6.42. The molecule has 21 heavy (non-hydrogen) atoms. The summed E-state index contributed by atoms with van der Waals surface area (Å²) < 4.78 is 4.99. The van der Waals surface area contributed by atoms with Gasteiger partial charge < -0.3 is 14.6 Å². The molecule has 0 heterocycles. The normalized spacial score (nSPS) is 10.5. The highest BCUT2D eigenvalue weighted by Crippen LogP contribution is 2.13. The molecule has 0 bridgehead atoms.